The van der Waals surface area contributed by atoms with Crippen LogP contribution in [-0.2, 0) is 11.2 Å². The van der Waals surface area contributed by atoms with E-state index in [-0.39, 0.29) is 12.0 Å². The van der Waals surface area contributed by atoms with Crippen molar-refractivity contribution in [1.82, 2.24) is 5.32 Å². The SMILES string of the molecule is O=C(N[C@H](Cc1ccc(I)cc1)C(=O)O)c1ccccc1Cl. The topological polar surface area (TPSA) is 66.4 Å². The van der Waals surface area contributed by atoms with E-state index in [4.69, 9.17) is 11.6 Å². The fraction of sp³-hybridized carbons (Fsp3) is 0.125. The molecular weight excluding hydrogens is 417 g/mol. The van der Waals surface area contributed by atoms with Gasteiger partial charge in [-0.05, 0) is 52.4 Å². The van der Waals surface area contributed by atoms with Crippen molar-refractivity contribution in [2.45, 2.75) is 12.5 Å². The lowest BCUT2D eigenvalue weighted by Gasteiger charge is -2.15. The first-order valence-corrected chi connectivity index (χ1v) is 7.95. The second-order valence-corrected chi connectivity index (χ2v) is 6.33. The molecule has 0 saturated heterocycles. The van der Waals surface area contributed by atoms with Gasteiger partial charge in [-0.3, -0.25) is 4.79 Å². The molecule has 22 heavy (non-hydrogen) atoms. The van der Waals surface area contributed by atoms with Crippen LogP contribution in [0.3, 0.4) is 0 Å². The fourth-order valence-corrected chi connectivity index (χ4v) is 2.52. The van der Waals surface area contributed by atoms with E-state index in [0.29, 0.717) is 5.02 Å². The minimum absolute atomic E-state index is 0.211. The number of halogens is 2. The zero-order valence-corrected chi connectivity index (χ0v) is 14.3. The highest BCUT2D eigenvalue weighted by molar-refractivity contribution is 14.1. The number of benzene rings is 2. The van der Waals surface area contributed by atoms with Gasteiger partial charge in [0.2, 0.25) is 0 Å². The third-order valence-electron chi connectivity index (χ3n) is 3.07. The molecule has 0 aliphatic rings. The standard InChI is InChI=1S/C16H13ClINO3/c17-13-4-2-1-3-12(13)15(20)19-14(16(21)22)9-10-5-7-11(18)8-6-10/h1-8,14H,9H2,(H,19,20)(H,21,22)/t14-/m1/s1. The summed E-state index contributed by atoms with van der Waals surface area (Å²) in [6, 6.07) is 13.0. The molecule has 2 N–H and O–H groups in total. The second kappa shape index (κ2) is 7.60. The molecule has 2 aromatic rings. The Labute approximate surface area is 146 Å². The average Bonchev–Trinajstić information content (AvgIpc) is 2.49. The Morgan fingerprint density at radius 1 is 1.14 bits per heavy atom. The number of rotatable bonds is 5. The van der Waals surface area contributed by atoms with E-state index in [1.165, 1.54) is 0 Å². The lowest BCUT2D eigenvalue weighted by atomic mass is 10.1. The predicted molar refractivity (Wildman–Crippen MR) is 93.2 cm³/mol. The number of hydrogen-bond acceptors (Lipinski definition) is 2. The third-order valence-corrected chi connectivity index (χ3v) is 4.12. The van der Waals surface area contributed by atoms with Crippen molar-refractivity contribution in [3.63, 3.8) is 0 Å². The number of carboxylic acids is 1. The summed E-state index contributed by atoms with van der Waals surface area (Å²) in [4.78, 5) is 23.5. The maximum atomic E-state index is 12.2. The molecule has 2 aromatic carbocycles. The number of carbonyl (C=O) groups excluding carboxylic acids is 1. The van der Waals surface area contributed by atoms with Crippen LogP contribution in [0.4, 0.5) is 0 Å². The van der Waals surface area contributed by atoms with E-state index < -0.39 is 17.9 Å². The summed E-state index contributed by atoms with van der Waals surface area (Å²) in [6.45, 7) is 0. The highest BCUT2D eigenvalue weighted by Gasteiger charge is 2.22. The van der Waals surface area contributed by atoms with Gasteiger partial charge in [-0.25, -0.2) is 4.79 Å². The first-order valence-electron chi connectivity index (χ1n) is 6.50. The van der Waals surface area contributed by atoms with Crippen molar-refractivity contribution in [2.75, 3.05) is 0 Å². The Hall–Kier alpha value is -1.60. The maximum Gasteiger partial charge on any atom is 0.326 e. The molecule has 0 spiro atoms. The zero-order chi connectivity index (χ0) is 16.1. The van der Waals surface area contributed by atoms with Crippen LogP contribution in [0.5, 0.6) is 0 Å². The van der Waals surface area contributed by atoms with Crippen molar-refractivity contribution in [3.8, 4) is 0 Å². The highest BCUT2D eigenvalue weighted by Crippen LogP contribution is 2.15. The van der Waals surface area contributed by atoms with Gasteiger partial charge < -0.3 is 10.4 Å². The molecule has 2 rings (SSSR count). The molecular formula is C16H13ClINO3. The monoisotopic (exact) mass is 429 g/mol. The van der Waals surface area contributed by atoms with Crippen LogP contribution < -0.4 is 5.32 Å². The van der Waals surface area contributed by atoms with Crippen LogP contribution in [-0.4, -0.2) is 23.0 Å². The van der Waals surface area contributed by atoms with Gasteiger partial charge in [-0.15, -0.1) is 0 Å². The summed E-state index contributed by atoms with van der Waals surface area (Å²) < 4.78 is 1.06. The van der Waals surface area contributed by atoms with Crippen LogP contribution in [0, 0.1) is 3.57 Å². The van der Waals surface area contributed by atoms with Gasteiger partial charge in [-0.1, -0.05) is 35.9 Å². The largest absolute Gasteiger partial charge is 0.480 e. The van der Waals surface area contributed by atoms with Crippen LogP contribution in [0.1, 0.15) is 15.9 Å². The molecule has 0 radical (unpaired) electrons. The number of carbonyl (C=O) groups is 2. The van der Waals surface area contributed by atoms with Gasteiger partial charge in [0.1, 0.15) is 6.04 Å². The van der Waals surface area contributed by atoms with Gasteiger partial charge in [0.25, 0.3) is 5.91 Å². The molecule has 0 aromatic heterocycles. The Kier molecular flexibility index (Phi) is 5.79. The molecule has 114 valence electrons. The molecule has 0 fully saturated rings. The maximum absolute atomic E-state index is 12.2. The second-order valence-electron chi connectivity index (χ2n) is 4.67. The molecule has 0 unspecified atom stereocenters. The minimum atomic E-state index is -1.08. The van der Waals surface area contributed by atoms with Crippen molar-refractivity contribution in [1.29, 1.82) is 0 Å². The van der Waals surface area contributed by atoms with Crippen molar-refractivity contribution in [2.24, 2.45) is 0 Å². The molecule has 0 saturated carbocycles. The van der Waals surface area contributed by atoms with Gasteiger partial charge in [0.05, 0.1) is 10.6 Å². The molecule has 4 nitrogen and oxygen atoms in total. The Bertz CT molecular complexity index is 688. The minimum Gasteiger partial charge on any atom is -0.480 e. The van der Waals surface area contributed by atoms with E-state index in [1.54, 1.807) is 24.3 Å². The quantitative estimate of drug-likeness (QED) is 0.716. The predicted octanol–water partition coefficient (Wildman–Crippen LogP) is 3.37. The summed E-state index contributed by atoms with van der Waals surface area (Å²) in [7, 11) is 0. The van der Waals surface area contributed by atoms with E-state index in [0.717, 1.165) is 9.13 Å². The lowest BCUT2D eigenvalue weighted by molar-refractivity contribution is -0.139. The summed E-state index contributed by atoms with van der Waals surface area (Å²) in [5.41, 5.74) is 1.10. The summed E-state index contributed by atoms with van der Waals surface area (Å²) >= 11 is 8.12. The smallest absolute Gasteiger partial charge is 0.326 e. The van der Waals surface area contributed by atoms with Crippen LogP contribution >= 0.6 is 34.2 Å². The normalized spacial score (nSPS) is 11.7. The molecule has 6 heteroatoms. The molecule has 0 aliphatic heterocycles. The summed E-state index contributed by atoms with van der Waals surface area (Å²) in [5, 5.41) is 12.1. The average molecular weight is 430 g/mol. The number of amides is 1. The molecule has 1 amide bonds. The number of hydrogen-bond donors (Lipinski definition) is 2. The summed E-state index contributed by atoms with van der Waals surface area (Å²) in [6.07, 6.45) is 0.211. The van der Waals surface area contributed by atoms with Gasteiger partial charge >= 0.3 is 5.97 Å². The van der Waals surface area contributed by atoms with Crippen molar-refractivity contribution >= 4 is 46.1 Å². The van der Waals surface area contributed by atoms with Crippen LogP contribution in [0.25, 0.3) is 0 Å². The number of aliphatic carboxylic acids is 1. The lowest BCUT2D eigenvalue weighted by Crippen LogP contribution is -2.42. The van der Waals surface area contributed by atoms with E-state index in [9.17, 15) is 14.7 Å². The fourth-order valence-electron chi connectivity index (χ4n) is 1.94. The third kappa shape index (κ3) is 4.45. The highest BCUT2D eigenvalue weighted by atomic mass is 127. The Balaban J connectivity index is 2.12. The van der Waals surface area contributed by atoms with Crippen molar-refractivity contribution in [3.05, 3.63) is 68.3 Å². The molecule has 0 aliphatic carbocycles. The zero-order valence-electron chi connectivity index (χ0n) is 11.4. The Morgan fingerprint density at radius 2 is 1.77 bits per heavy atom. The molecule has 0 bridgehead atoms. The molecule has 1 atom stereocenters. The van der Waals surface area contributed by atoms with E-state index in [2.05, 4.69) is 27.9 Å². The van der Waals surface area contributed by atoms with Crippen molar-refractivity contribution < 1.29 is 14.7 Å². The number of nitrogens with one attached hydrogen (secondary N) is 1. The van der Waals surface area contributed by atoms with E-state index in [1.807, 2.05) is 24.3 Å². The number of carboxylic acid groups (broad SMARTS) is 1. The van der Waals surface area contributed by atoms with Gasteiger partial charge in [0, 0.05) is 9.99 Å². The van der Waals surface area contributed by atoms with Crippen LogP contribution in [0.15, 0.2) is 48.5 Å². The Morgan fingerprint density at radius 3 is 2.36 bits per heavy atom. The first kappa shape index (κ1) is 16.8. The van der Waals surface area contributed by atoms with Gasteiger partial charge in [0.15, 0.2) is 0 Å². The molecule has 0 heterocycles. The van der Waals surface area contributed by atoms with E-state index >= 15 is 0 Å². The van der Waals surface area contributed by atoms with Crippen LogP contribution in [0.2, 0.25) is 5.02 Å². The summed E-state index contributed by atoms with van der Waals surface area (Å²) in [5.74, 6) is -1.58. The van der Waals surface area contributed by atoms with Gasteiger partial charge in [-0.2, -0.15) is 0 Å². The first-order chi connectivity index (χ1) is 10.5.